The number of ether oxygens (including phenoxy) is 3. The van der Waals surface area contributed by atoms with Gasteiger partial charge in [0.2, 0.25) is 0 Å². The lowest BCUT2D eigenvalue weighted by atomic mass is 10.1. The first-order valence-electron chi connectivity index (χ1n) is 9.87. The molecule has 0 aliphatic rings. The predicted octanol–water partition coefficient (Wildman–Crippen LogP) is 3.08. The summed E-state index contributed by atoms with van der Waals surface area (Å²) in [5.74, 6) is 1.42. The Bertz CT molecular complexity index is 1160. The van der Waals surface area contributed by atoms with Gasteiger partial charge in [0.1, 0.15) is 5.75 Å². The van der Waals surface area contributed by atoms with Crippen LogP contribution in [0.1, 0.15) is 5.56 Å². The van der Waals surface area contributed by atoms with Crippen molar-refractivity contribution in [2.45, 2.75) is 13.5 Å². The third-order valence-corrected chi connectivity index (χ3v) is 5.12. The molecule has 1 amide bonds. The van der Waals surface area contributed by atoms with E-state index in [0.29, 0.717) is 28.0 Å². The van der Waals surface area contributed by atoms with Crippen LogP contribution in [0.2, 0.25) is 5.02 Å². The van der Waals surface area contributed by atoms with E-state index in [-0.39, 0.29) is 31.2 Å². The summed E-state index contributed by atoms with van der Waals surface area (Å²) >= 11 is 5.98. The molecule has 0 fully saturated rings. The summed E-state index contributed by atoms with van der Waals surface area (Å²) in [4.78, 5) is 24.2. The zero-order valence-corrected chi connectivity index (χ0v) is 18.8. The molecule has 0 spiro atoms. The van der Waals surface area contributed by atoms with Gasteiger partial charge >= 0.3 is 0 Å². The first kappa shape index (κ1) is 23.1. The molecule has 1 N–H and O–H groups in total. The van der Waals surface area contributed by atoms with E-state index < -0.39 is 0 Å². The summed E-state index contributed by atoms with van der Waals surface area (Å²) in [5, 5.41) is 7.75. The van der Waals surface area contributed by atoms with Crippen LogP contribution >= 0.6 is 11.6 Å². The van der Waals surface area contributed by atoms with E-state index in [1.54, 1.807) is 50.6 Å². The van der Waals surface area contributed by atoms with Crippen molar-refractivity contribution in [1.82, 2.24) is 15.1 Å². The van der Waals surface area contributed by atoms with Crippen molar-refractivity contribution < 1.29 is 19.0 Å². The second-order valence-electron chi connectivity index (χ2n) is 6.90. The van der Waals surface area contributed by atoms with E-state index in [0.717, 1.165) is 11.1 Å². The number of hydrogen-bond donors (Lipinski definition) is 1. The molecule has 2 aromatic carbocycles. The Balaban J connectivity index is 1.59. The van der Waals surface area contributed by atoms with Crippen LogP contribution in [0.5, 0.6) is 17.2 Å². The fraction of sp³-hybridized carbons (Fsp3) is 0.261. The number of halogens is 1. The topological polar surface area (TPSA) is 91.7 Å². The predicted molar refractivity (Wildman–Crippen MR) is 122 cm³/mol. The quantitative estimate of drug-likeness (QED) is 0.531. The lowest BCUT2D eigenvalue weighted by Crippen LogP contribution is -2.34. The van der Waals surface area contributed by atoms with Crippen LogP contribution in [0.4, 0.5) is 0 Å². The van der Waals surface area contributed by atoms with Gasteiger partial charge in [-0.3, -0.25) is 9.59 Å². The molecule has 9 heteroatoms. The molecule has 0 saturated heterocycles. The molecule has 168 valence electrons. The molecule has 0 aliphatic carbocycles. The number of amides is 1. The van der Waals surface area contributed by atoms with Crippen LogP contribution in [0.15, 0.2) is 53.3 Å². The highest BCUT2D eigenvalue weighted by Crippen LogP contribution is 2.31. The Kier molecular flexibility index (Phi) is 7.72. The number of carbonyl (C=O) groups is 1. The number of aromatic nitrogens is 2. The summed E-state index contributed by atoms with van der Waals surface area (Å²) in [5.41, 5.74) is 1.96. The molecule has 1 heterocycles. The first-order chi connectivity index (χ1) is 15.4. The number of methoxy groups -OCH3 is 2. The number of aryl methyl sites for hydroxylation is 1. The third-order valence-electron chi connectivity index (χ3n) is 4.69. The van der Waals surface area contributed by atoms with Crippen LogP contribution < -0.4 is 25.1 Å². The number of rotatable bonds is 9. The van der Waals surface area contributed by atoms with Crippen molar-refractivity contribution in [3.05, 3.63) is 69.5 Å². The van der Waals surface area contributed by atoms with Gasteiger partial charge in [-0.15, -0.1) is 0 Å². The molecule has 8 nitrogen and oxygen atoms in total. The van der Waals surface area contributed by atoms with Crippen LogP contribution in [-0.4, -0.2) is 43.1 Å². The Morgan fingerprint density at radius 3 is 2.56 bits per heavy atom. The minimum absolute atomic E-state index is 0.144. The normalized spacial score (nSPS) is 10.5. The number of hydrogen-bond acceptors (Lipinski definition) is 6. The van der Waals surface area contributed by atoms with Crippen molar-refractivity contribution in [3.8, 4) is 28.5 Å². The maximum atomic E-state index is 12.2. The maximum Gasteiger partial charge on any atom is 0.266 e. The van der Waals surface area contributed by atoms with Gasteiger partial charge < -0.3 is 19.5 Å². The van der Waals surface area contributed by atoms with E-state index >= 15 is 0 Å². The van der Waals surface area contributed by atoms with Crippen LogP contribution in [0.3, 0.4) is 0 Å². The smallest absolute Gasteiger partial charge is 0.266 e. The van der Waals surface area contributed by atoms with Gasteiger partial charge in [0.05, 0.1) is 26.5 Å². The lowest BCUT2D eigenvalue weighted by molar-refractivity contribution is -0.123. The average Bonchev–Trinajstić information content (AvgIpc) is 2.80. The van der Waals surface area contributed by atoms with Crippen molar-refractivity contribution in [2.75, 3.05) is 27.4 Å². The van der Waals surface area contributed by atoms with Crippen LogP contribution in [0, 0.1) is 6.92 Å². The van der Waals surface area contributed by atoms with Gasteiger partial charge in [-0.1, -0.05) is 11.6 Å². The second-order valence-corrected chi connectivity index (χ2v) is 7.31. The first-order valence-corrected chi connectivity index (χ1v) is 10.3. The lowest BCUT2D eigenvalue weighted by Gasteiger charge is -2.11. The molecule has 32 heavy (non-hydrogen) atoms. The molecule has 0 saturated carbocycles. The van der Waals surface area contributed by atoms with Crippen LogP contribution in [0.25, 0.3) is 11.3 Å². The molecule has 1 aromatic heterocycles. The zero-order chi connectivity index (χ0) is 23.1. The van der Waals surface area contributed by atoms with Crippen molar-refractivity contribution >= 4 is 17.5 Å². The number of carbonyl (C=O) groups excluding carboxylic acids is 1. The highest BCUT2D eigenvalue weighted by atomic mass is 35.5. The summed E-state index contributed by atoms with van der Waals surface area (Å²) in [7, 11) is 3.11. The third kappa shape index (κ3) is 5.79. The van der Waals surface area contributed by atoms with E-state index in [1.807, 2.05) is 13.0 Å². The SMILES string of the molecule is COc1ccc(-c2ccc(=O)n(CCNC(=O)COc3ccc(Cl)c(C)c3)n2)cc1OC. The van der Waals surface area contributed by atoms with Gasteiger partial charge in [0.25, 0.3) is 11.5 Å². The van der Waals surface area contributed by atoms with Crippen molar-refractivity contribution in [2.24, 2.45) is 0 Å². The standard InChI is InChI=1S/C23H24ClN3O5/c1-15-12-17(5-6-18(15)24)32-14-22(28)25-10-11-27-23(29)9-7-19(26-27)16-4-8-20(30-2)21(13-16)31-3/h4-9,12-13H,10-11,14H2,1-3H3,(H,25,28). The van der Waals surface area contributed by atoms with E-state index in [1.165, 1.54) is 10.7 Å². The summed E-state index contributed by atoms with van der Waals surface area (Å²) in [6.45, 7) is 2.15. The molecule has 3 aromatic rings. The van der Waals surface area contributed by atoms with E-state index in [4.69, 9.17) is 25.8 Å². The number of benzene rings is 2. The molecule has 0 aliphatic heterocycles. The van der Waals surface area contributed by atoms with E-state index in [9.17, 15) is 9.59 Å². The zero-order valence-electron chi connectivity index (χ0n) is 18.1. The molecule has 3 rings (SSSR count). The Morgan fingerprint density at radius 2 is 1.84 bits per heavy atom. The van der Waals surface area contributed by atoms with E-state index in [2.05, 4.69) is 10.4 Å². The minimum Gasteiger partial charge on any atom is -0.493 e. The van der Waals surface area contributed by atoms with Crippen molar-refractivity contribution in [1.29, 1.82) is 0 Å². The fourth-order valence-corrected chi connectivity index (χ4v) is 3.08. The molecular weight excluding hydrogens is 434 g/mol. The second kappa shape index (κ2) is 10.7. The molecule has 0 bridgehead atoms. The number of nitrogens with one attached hydrogen (secondary N) is 1. The maximum absolute atomic E-state index is 12.2. The Labute approximate surface area is 190 Å². The molecule has 0 unspecified atom stereocenters. The summed E-state index contributed by atoms with van der Waals surface area (Å²) in [6, 6.07) is 13.6. The minimum atomic E-state index is -0.304. The Hall–Kier alpha value is -3.52. The van der Waals surface area contributed by atoms with Gasteiger partial charge in [-0.25, -0.2) is 4.68 Å². The molecule has 0 radical (unpaired) electrons. The van der Waals surface area contributed by atoms with Gasteiger partial charge in [-0.05, 0) is 55.0 Å². The summed E-state index contributed by atoms with van der Waals surface area (Å²) in [6.07, 6.45) is 0. The highest BCUT2D eigenvalue weighted by Gasteiger charge is 2.09. The van der Waals surface area contributed by atoms with Gasteiger partial charge in [0, 0.05) is 23.2 Å². The largest absolute Gasteiger partial charge is 0.493 e. The van der Waals surface area contributed by atoms with Crippen LogP contribution in [-0.2, 0) is 11.3 Å². The summed E-state index contributed by atoms with van der Waals surface area (Å²) < 4.78 is 17.3. The Morgan fingerprint density at radius 1 is 1.06 bits per heavy atom. The fourth-order valence-electron chi connectivity index (χ4n) is 2.97. The monoisotopic (exact) mass is 457 g/mol. The number of nitrogens with zero attached hydrogens (tertiary/aromatic N) is 2. The molecular formula is C23H24ClN3O5. The highest BCUT2D eigenvalue weighted by molar-refractivity contribution is 6.31. The average molecular weight is 458 g/mol. The molecule has 0 atom stereocenters. The van der Waals surface area contributed by atoms with Gasteiger partial charge in [0.15, 0.2) is 18.1 Å². The van der Waals surface area contributed by atoms with Crippen molar-refractivity contribution in [3.63, 3.8) is 0 Å². The van der Waals surface area contributed by atoms with Gasteiger partial charge in [-0.2, -0.15) is 5.10 Å².